The van der Waals surface area contributed by atoms with E-state index in [0.717, 1.165) is 12.1 Å². The number of hydrogen-bond donors (Lipinski definition) is 2. The van der Waals surface area contributed by atoms with Crippen LogP contribution in [-0.2, 0) is 0 Å². The van der Waals surface area contributed by atoms with Crippen LogP contribution in [0.5, 0.6) is 0 Å². The molecule has 2 N–H and O–H groups in total. The second-order valence-corrected chi connectivity index (χ2v) is 6.02. The first-order valence-corrected chi connectivity index (χ1v) is 7.98. The fourth-order valence-corrected chi connectivity index (χ4v) is 2.59. The Morgan fingerprint density at radius 2 is 1.95 bits per heavy atom. The van der Waals surface area contributed by atoms with Crippen LogP contribution in [0.3, 0.4) is 0 Å². The van der Waals surface area contributed by atoms with E-state index in [9.17, 15) is 4.79 Å². The number of benzene rings is 1. The van der Waals surface area contributed by atoms with E-state index in [0.29, 0.717) is 12.5 Å². The third kappa shape index (κ3) is 5.25. The molecule has 2 rings (SSSR count). The van der Waals surface area contributed by atoms with Crippen molar-refractivity contribution in [3.63, 3.8) is 0 Å². The molecule has 0 unspecified atom stereocenters. The molecule has 114 valence electrons. The van der Waals surface area contributed by atoms with Crippen LogP contribution in [0.4, 0.5) is 10.5 Å². The summed E-state index contributed by atoms with van der Waals surface area (Å²) >= 11 is 0. The molecule has 0 atom stereocenters. The minimum atomic E-state index is -0.122. The van der Waals surface area contributed by atoms with Crippen molar-refractivity contribution in [2.75, 3.05) is 11.9 Å². The molecule has 0 saturated heterocycles. The minimum Gasteiger partial charge on any atom is -0.338 e. The molecule has 1 aromatic carbocycles. The average Bonchev–Trinajstić information content (AvgIpc) is 2.49. The molecule has 3 heteroatoms. The van der Waals surface area contributed by atoms with Gasteiger partial charge < -0.3 is 10.6 Å². The van der Waals surface area contributed by atoms with Gasteiger partial charge in [0.05, 0.1) is 0 Å². The Morgan fingerprint density at radius 3 is 2.57 bits per heavy atom. The molecule has 1 aliphatic rings. The van der Waals surface area contributed by atoms with Crippen molar-refractivity contribution in [2.24, 2.45) is 0 Å². The normalized spacial score (nSPS) is 14.7. The molecular weight excluding hydrogens is 260 g/mol. The first-order valence-electron chi connectivity index (χ1n) is 7.98. The highest BCUT2D eigenvalue weighted by molar-refractivity contribution is 5.89. The highest BCUT2D eigenvalue weighted by atomic mass is 16.2. The van der Waals surface area contributed by atoms with Gasteiger partial charge in [-0.25, -0.2) is 4.79 Å². The minimum absolute atomic E-state index is 0.122. The lowest BCUT2D eigenvalue weighted by Gasteiger charge is -2.13. The van der Waals surface area contributed by atoms with Crippen LogP contribution >= 0.6 is 0 Å². The van der Waals surface area contributed by atoms with E-state index in [2.05, 4.69) is 42.7 Å². The second kappa shape index (κ2) is 7.87. The highest BCUT2D eigenvalue weighted by Gasteiger charge is 2.05. The molecule has 0 saturated carbocycles. The van der Waals surface area contributed by atoms with Gasteiger partial charge in [-0.1, -0.05) is 37.6 Å². The van der Waals surface area contributed by atoms with Crippen molar-refractivity contribution in [3.05, 3.63) is 41.5 Å². The van der Waals surface area contributed by atoms with E-state index < -0.39 is 0 Å². The standard InChI is InChI=1S/C18H26N2O/c1-14(2)16-8-10-17(11-9-16)20-18(21)19-13-12-15-6-4-3-5-7-15/h6,8-11,14H,3-5,7,12-13H2,1-2H3,(H2,19,20,21). The molecule has 0 spiro atoms. The van der Waals surface area contributed by atoms with Gasteiger partial charge in [0.25, 0.3) is 0 Å². The number of rotatable bonds is 5. The number of carbonyl (C=O) groups excluding carboxylic acids is 1. The summed E-state index contributed by atoms with van der Waals surface area (Å²) in [5.41, 5.74) is 3.61. The predicted octanol–water partition coefficient (Wildman–Crippen LogP) is 4.82. The van der Waals surface area contributed by atoms with Crippen LogP contribution in [-0.4, -0.2) is 12.6 Å². The Kier molecular flexibility index (Phi) is 5.85. The van der Waals surface area contributed by atoms with Gasteiger partial charge in [0, 0.05) is 12.2 Å². The largest absolute Gasteiger partial charge is 0.338 e. The van der Waals surface area contributed by atoms with E-state index >= 15 is 0 Å². The van der Waals surface area contributed by atoms with Gasteiger partial charge in [0.2, 0.25) is 0 Å². The molecule has 3 nitrogen and oxygen atoms in total. The smallest absolute Gasteiger partial charge is 0.319 e. The molecule has 1 aromatic rings. The Bertz CT molecular complexity index is 488. The van der Waals surface area contributed by atoms with Gasteiger partial charge in [-0.2, -0.15) is 0 Å². The first-order chi connectivity index (χ1) is 10.1. The van der Waals surface area contributed by atoms with Crippen molar-refractivity contribution in [1.82, 2.24) is 5.32 Å². The Balaban J connectivity index is 1.72. The third-order valence-electron chi connectivity index (χ3n) is 3.95. The van der Waals surface area contributed by atoms with Gasteiger partial charge in [-0.3, -0.25) is 0 Å². The summed E-state index contributed by atoms with van der Waals surface area (Å²) in [6.07, 6.45) is 8.29. The molecule has 0 fully saturated rings. The average molecular weight is 286 g/mol. The lowest BCUT2D eigenvalue weighted by molar-refractivity contribution is 0.252. The number of amides is 2. The topological polar surface area (TPSA) is 41.1 Å². The number of urea groups is 1. The summed E-state index contributed by atoms with van der Waals surface area (Å²) in [6.45, 7) is 5.03. The molecule has 0 radical (unpaired) electrons. The van der Waals surface area contributed by atoms with E-state index in [-0.39, 0.29) is 6.03 Å². The summed E-state index contributed by atoms with van der Waals surface area (Å²) in [7, 11) is 0. The maximum absolute atomic E-state index is 11.8. The third-order valence-corrected chi connectivity index (χ3v) is 3.95. The lowest BCUT2D eigenvalue weighted by atomic mass is 9.97. The number of hydrogen-bond acceptors (Lipinski definition) is 1. The quantitative estimate of drug-likeness (QED) is 0.748. The summed E-state index contributed by atoms with van der Waals surface area (Å²) < 4.78 is 0. The van der Waals surface area contributed by atoms with Gasteiger partial charge in [0.15, 0.2) is 0 Å². The molecule has 0 aliphatic heterocycles. The Hall–Kier alpha value is -1.77. The van der Waals surface area contributed by atoms with Crippen LogP contribution in [0.2, 0.25) is 0 Å². The summed E-state index contributed by atoms with van der Waals surface area (Å²) in [6, 6.07) is 7.92. The van der Waals surface area contributed by atoms with Crippen LogP contribution < -0.4 is 10.6 Å². The van der Waals surface area contributed by atoms with E-state index in [1.54, 1.807) is 0 Å². The van der Waals surface area contributed by atoms with E-state index in [4.69, 9.17) is 0 Å². The monoisotopic (exact) mass is 286 g/mol. The molecule has 0 heterocycles. The van der Waals surface area contributed by atoms with Crippen molar-refractivity contribution >= 4 is 11.7 Å². The summed E-state index contributed by atoms with van der Waals surface area (Å²) in [4.78, 5) is 11.8. The fraction of sp³-hybridized carbons (Fsp3) is 0.500. The zero-order valence-electron chi connectivity index (χ0n) is 13.1. The Morgan fingerprint density at radius 1 is 1.19 bits per heavy atom. The first kappa shape index (κ1) is 15.6. The van der Waals surface area contributed by atoms with Crippen LogP contribution in [0, 0.1) is 0 Å². The SMILES string of the molecule is CC(C)c1ccc(NC(=O)NCCC2=CCCCC2)cc1. The maximum atomic E-state index is 11.8. The molecule has 0 bridgehead atoms. The van der Waals surface area contributed by atoms with Gasteiger partial charge >= 0.3 is 6.03 Å². The number of anilines is 1. The zero-order valence-corrected chi connectivity index (χ0v) is 13.1. The highest BCUT2D eigenvalue weighted by Crippen LogP contribution is 2.19. The van der Waals surface area contributed by atoms with Crippen LogP contribution in [0.15, 0.2) is 35.9 Å². The number of nitrogens with one attached hydrogen (secondary N) is 2. The van der Waals surface area contributed by atoms with Gasteiger partial charge in [-0.05, 0) is 55.7 Å². The zero-order chi connectivity index (χ0) is 15.1. The summed E-state index contributed by atoms with van der Waals surface area (Å²) in [5, 5.41) is 5.80. The van der Waals surface area contributed by atoms with Gasteiger partial charge in [-0.15, -0.1) is 0 Å². The molecule has 0 aromatic heterocycles. The Labute approximate surface area is 127 Å². The molecular formula is C18H26N2O. The van der Waals surface area contributed by atoms with Crippen LogP contribution in [0.1, 0.15) is 57.4 Å². The van der Waals surface area contributed by atoms with E-state index in [1.165, 1.54) is 36.8 Å². The molecule has 2 amide bonds. The molecule has 21 heavy (non-hydrogen) atoms. The van der Waals surface area contributed by atoms with Crippen molar-refractivity contribution in [3.8, 4) is 0 Å². The van der Waals surface area contributed by atoms with Crippen molar-refractivity contribution in [1.29, 1.82) is 0 Å². The predicted molar refractivity (Wildman–Crippen MR) is 88.7 cm³/mol. The van der Waals surface area contributed by atoms with Crippen molar-refractivity contribution < 1.29 is 4.79 Å². The molecule has 1 aliphatic carbocycles. The van der Waals surface area contributed by atoms with Crippen LogP contribution in [0.25, 0.3) is 0 Å². The number of allylic oxidation sites excluding steroid dienone is 1. The second-order valence-electron chi connectivity index (χ2n) is 6.02. The lowest BCUT2D eigenvalue weighted by Crippen LogP contribution is -2.29. The number of carbonyl (C=O) groups is 1. The fourth-order valence-electron chi connectivity index (χ4n) is 2.59. The maximum Gasteiger partial charge on any atom is 0.319 e. The summed E-state index contributed by atoms with van der Waals surface area (Å²) in [5.74, 6) is 0.511. The van der Waals surface area contributed by atoms with E-state index in [1.807, 2.05) is 12.1 Å². The van der Waals surface area contributed by atoms with Gasteiger partial charge in [0.1, 0.15) is 0 Å². The van der Waals surface area contributed by atoms with Crippen molar-refractivity contribution in [2.45, 2.75) is 51.9 Å².